The summed E-state index contributed by atoms with van der Waals surface area (Å²) < 4.78 is 0. The van der Waals surface area contributed by atoms with Gasteiger partial charge in [-0.25, -0.2) is 0 Å². The number of H-pyrrole nitrogens is 1. The molecule has 3 rings (SSSR count). The van der Waals surface area contributed by atoms with Crippen LogP contribution in [0.4, 0.5) is 5.82 Å². The van der Waals surface area contributed by atoms with Crippen LogP contribution in [0.2, 0.25) is 0 Å². The molecule has 4 heteroatoms. The van der Waals surface area contributed by atoms with Crippen molar-refractivity contribution in [2.24, 2.45) is 0 Å². The van der Waals surface area contributed by atoms with Gasteiger partial charge in [0.15, 0.2) is 5.82 Å². The third-order valence-electron chi connectivity index (χ3n) is 3.58. The normalized spacial score (nSPS) is 11.0. The fraction of sp³-hybridized carbons (Fsp3) is 0.176. The number of rotatable bonds is 3. The maximum atomic E-state index is 6.01. The molecule has 0 atom stereocenters. The Hall–Kier alpha value is -2.62. The average molecular weight is 278 g/mol. The quantitative estimate of drug-likeness (QED) is 0.764. The molecule has 0 bridgehead atoms. The smallest absolute Gasteiger partial charge is 0.155 e. The Morgan fingerprint density at radius 3 is 2.43 bits per heavy atom. The minimum absolute atomic E-state index is 0.469. The van der Waals surface area contributed by atoms with E-state index in [9.17, 15) is 0 Å². The van der Waals surface area contributed by atoms with Crippen molar-refractivity contribution in [3.05, 3.63) is 54.2 Å². The summed E-state index contributed by atoms with van der Waals surface area (Å²) in [5, 5.41) is 7.16. The molecule has 4 nitrogen and oxygen atoms in total. The number of hydrogen-bond acceptors (Lipinski definition) is 3. The highest BCUT2D eigenvalue weighted by molar-refractivity contribution is 5.86. The van der Waals surface area contributed by atoms with E-state index in [4.69, 9.17) is 5.73 Å². The molecule has 0 saturated heterocycles. The minimum Gasteiger partial charge on any atom is -0.382 e. The van der Waals surface area contributed by atoms with Gasteiger partial charge in [-0.15, -0.1) is 0 Å². The molecular weight excluding hydrogens is 260 g/mol. The van der Waals surface area contributed by atoms with Gasteiger partial charge in [0, 0.05) is 11.8 Å². The monoisotopic (exact) mass is 278 g/mol. The second-order valence-electron chi connectivity index (χ2n) is 5.35. The van der Waals surface area contributed by atoms with E-state index in [1.807, 2.05) is 18.2 Å². The Labute approximate surface area is 124 Å². The molecule has 1 aromatic carbocycles. The van der Waals surface area contributed by atoms with E-state index in [0.29, 0.717) is 11.7 Å². The number of nitrogens with zero attached hydrogens (tertiary/aromatic N) is 2. The summed E-state index contributed by atoms with van der Waals surface area (Å²) in [6.07, 6.45) is 1.76. The highest BCUT2D eigenvalue weighted by atomic mass is 15.2. The van der Waals surface area contributed by atoms with E-state index in [-0.39, 0.29) is 0 Å². The molecule has 0 aliphatic heterocycles. The zero-order valence-corrected chi connectivity index (χ0v) is 12.2. The Morgan fingerprint density at radius 2 is 1.81 bits per heavy atom. The van der Waals surface area contributed by atoms with E-state index in [1.54, 1.807) is 6.20 Å². The first-order chi connectivity index (χ1) is 10.2. The van der Waals surface area contributed by atoms with Gasteiger partial charge in [-0.1, -0.05) is 44.2 Å². The molecular formula is C17H18N4. The summed E-state index contributed by atoms with van der Waals surface area (Å²) >= 11 is 0. The van der Waals surface area contributed by atoms with Crippen LogP contribution in [0, 0.1) is 0 Å². The second-order valence-corrected chi connectivity index (χ2v) is 5.35. The predicted molar refractivity (Wildman–Crippen MR) is 85.8 cm³/mol. The first-order valence-corrected chi connectivity index (χ1v) is 7.02. The van der Waals surface area contributed by atoms with Gasteiger partial charge in [0.1, 0.15) is 0 Å². The van der Waals surface area contributed by atoms with E-state index in [1.165, 1.54) is 5.56 Å². The first-order valence-electron chi connectivity index (χ1n) is 7.02. The number of nitrogens with two attached hydrogens (primary N) is 1. The van der Waals surface area contributed by atoms with Crippen molar-refractivity contribution >= 4 is 5.82 Å². The number of benzene rings is 1. The van der Waals surface area contributed by atoms with Gasteiger partial charge in [0.25, 0.3) is 0 Å². The van der Waals surface area contributed by atoms with Crippen molar-refractivity contribution in [2.45, 2.75) is 19.8 Å². The van der Waals surface area contributed by atoms with Crippen LogP contribution in [0.25, 0.3) is 22.5 Å². The van der Waals surface area contributed by atoms with Gasteiger partial charge in [-0.2, -0.15) is 5.10 Å². The van der Waals surface area contributed by atoms with Crippen LogP contribution >= 0.6 is 0 Å². The van der Waals surface area contributed by atoms with E-state index < -0.39 is 0 Å². The molecule has 0 unspecified atom stereocenters. The maximum absolute atomic E-state index is 6.01. The van der Waals surface area contributed by atoms with Gasteiger partial charge in [-0.05, 0) is 23.6 Å². The lowest BCUT2D eigenvalue weighted by Crippen LogP contribution is -1.91. The van der Waals surface area contributed by atoms with Crippen LogP contribution < -0.4 is 5.73 Å². The number of hydrogen-bond donors (Lipinski definition) is 2. The Kier molecular flexibility index (Phi) is 3.44. The van der Waals surface area contributed by atoms with E-state index >= 15 is 0 Å². The topological polar surface area (TPSA) is 67.6 Å². The Bertz CT molecular complexity index is 727. The second kappa shape index (κ2) is 5.40. The molecule has 21 heavy (non-hydrogen) atoms. The number of anilines is 1. The Balaban J connectivity index is 2.08. The molecule has 0 radical (unpaired) electrons. The fourth-order valence-corrected chi connectivity index (χ4v) is 2.37. The summed E-state index contributed by atoms with van der Waals surface area (Å²) in [5.74, 6) is 0.984. The molecule has 0 spiro atoms. The van der Waals surface area contributed by atoms with Crippen molar-refractivity contribution in [1.82, 2.24) is 15.2 Å². The van der Waals surface area contributed by atoms with Crippen LogP contribution in [-0.4, -0.2) is 15.2 Å². The molecule has 0 fully saturated rings. The molecule has 0 aliphatic rings. The number of aromatic amines is 1. The number of nitrogens with one attached hydrogen (secondary N) is 1. The largest absolute Gasteiger partial charge is 0.382 e. The van der Waals surface area contributed by atoms with Gasteiger partial charge in [0.2, 0.25) is 0 Å². The lowest BCUT2D eigenvalue weighted by Gasteiger charge is -2.07. The van der Waals surface area contributed by atoms with Gasteiger partial charge in [-0.3, -0.25) is 10.1 Å². The van der Waals surface area contributed by atoms with E-state index in [0.717, 1.165) is 22.5 Å². The highest BCUT2D eigenvalue weighted by Gasteiger charge is 2.15. The average Bonchev–Trinajstić information content (AvgIpc) is 2.90. The molecule has 3 aromatic rings. The predicted octanol–water partition coefficient (Wildman–Crippen LogP) is 3.84. The zero-order valence-electron chi connectivity index (χ0n) is 12.2. The van der Waals surface area contributed by atoms with Gasteiger partial charge >= 0.3 is 0 Å². The van der Waals surface area contributed by atoms with Gasteiger partial charge in [0.05, 0.1) is 17.0 Å². The van der Waals surface area contributed by atoms with Crippen molar-refractivity contribution in [1.29, 1.82) is 0 Å². The summed E-state index contributed by atoms with van der Waals surface area (Å²) in [6, 6.07) is 14.2. The van der Waals surface area contributed by atoms with Crippen molar-refractivity contribution in [3.8, 4) is 22.5 Å². The maximum Gasteiger partial charge on any atom is 0.155 e. The van der Waals surface area contributed by atoms with E-state index in [2.05, 4.69) is 53.3 Å². The molecule has 0 aliphatic carbocycles. The van der Waals surface area contributed by atoms with Crippen molar-refractivity contribution in [3.63, 3.8) is 0 Å². The minimum atomic E-state index is 0.469. The van der Waals surface area contributed by atoms with Crippen LogP contribution in [-0.2, 0) is 0 Å². The zero-order chi connectivity index (χ0) is 14.8. The van der Waals surface area contributed by atoms with Crippen molar-refractivity contribution in [2.75, 3.05) is 5.73 Å². The molecule has 0 amide bonds. The van der Waals surface area contributed by atoms with Crippen molar-refractivity contribution < 1.29 is 0 Å². The third kappa shape index (κ3) is 2.52. The van der Waals surface area contributed by atoms with Crippen LogP contribution in [0.5, 0.6) is 0 Å². The molecule has 3 N–H and O–H groups in total. The van der Waals surface area contributed by atoms with Gasteiger partial charge < -0.3 is 5.73 Å². The molecule has 0 saturated carbocycles. The molecule has 2 aromatic heterocycles. The first kappa shape index (κ1) is 13.4. The lowest BCUT2D eigenvalue weighted by atomic mass is 9.99. The summed E-state index contributed by atoms with van der Waals surface area (Å²) in [6.45, 7) is 4.37. The number of pyridine rings is 1. The summed E-state index contributed by atoms with van der Waals surface area (Å²) in [4.78, 5) is 4.37. The third-order valence-corrected chi connectivity index (χ3v) is 3.58. The fourth-order valence-electron chi connectivity index (χ4n) is 2.37. The molecule has 106 valence electrons. The summed E-state index contributed by atoms with van der Waals surface area (Å²) in [5.41, 5.74) is 11.0. The van der Waals surface area contributed by atoms with Crippen LogP contribution in [0.3, 0.4) is 0 Å². The van der Waals surface area contributed by atoms with Crippen LogP contribution in [0.1, 0.15) is 25.3 Å². The van der Waals surface area contributed by atoms with Crippen LogP contribution in [0.15, 0.2) is 48.7 Å². The summed E-state index contributed by atoms with van der Waals surface area (Å²) in [7, 11) is 0. The standard InChI is InChI=1S/C17H18N4/c1-11(2)12-6-8-13(9-7-12)16-15(17(18)21-20-16)14-5-3-4-10-19-14/h3-11H,1-2H3,(H3,18,20,21). The number of aromatic nitrogens is 3. The number of nitrogen functional groups attached to an aromatic ring is 1. The molecule has 2 heterocycles. The highest BCUT2D eigenvalue weighted by Crippen LogP contribution is 2.33. The Morgan fingerprint density at radius 1 is 1.05 bits per heavy atom. The lowest BCUT2D eigenvalue weighted by molar-refractivity contribution is 0.867. The SMILES string of the molecule is CC(C)c1ccc(-c2[nH]nc(N)c2-c2ccccn2)cc1.